The maximum absolute atomic E-state index is 11.6. The smallest absolute Gasteiger partial charge is 0.239 e. The van der Waals surface area contributed by atoms with Gasteiger partial charge in [0.2, 0.25) is 5.91 Å². The first-order valence-corrected chi connectivity index (χ1v) is 6.85. The zero-order valence-corrected chi connectivity index (χ0v) is 12.0. The van der Waals surface area contributed by atoms with E-state index in [0.717, 1.165) is 24.4 Å². The highest BCUT2D eigenvalue weighted by atomic mass is 16.5. The fourth-order valence-corrected chi connectivity index (χ4v) is 1.58. The van der Waals surface area contributed by atoms with Crippen LogP contribution in [0.25, 0.3) is 0 Å². The molecule has 0 aromatic heterocycles. The van der Waals surface area contributed by atoms with Crippen LogP contribution >= 0.6 is 0 Å². The molecule has 4 heteroatoms. The Morgan fingerprint density at radius 3 is 2.53 bits per heavy atom. The zero-order valence-electron chi connectivity index (χ0n) is 12.0. The van der Waals surface area contributed by atoms with E-state index in [4.69, 9.17) is 4.74 Å². The summed E-state index contributed by atoms with van der Waals surface area (Å²) in [5.74, 6) is 1.48. The molecule has 1 rings (SSSR count). The third-order valence-electron chi connectivity index (χ3n) is 2.66. The SMILES string of the molecule is CCOc1ccc(NCC(=O)NCCC(C)C)cc1. The van der Waals surface area contributed by atoms with Crippen LogP contribution < -0.4 is 15.4 Å². The first-order chi connectivity index (χ1) is 9.11. The lowest BCUT2D eigenvalue weighted by Gasteiger charge is -2.09. The number of hydrogen-bond donors (Lipinski definition) is 2. The summed E-state index contributed by atoms with van der Waals surface area (Å²) in [7, 11) is 0. The Kier molecular flexibility index (Phi) is 6.79. The van der Waals surface area contributed by atoms with Crippen molar-refractivity contribution in [3.05, 3.63) is 24.3 Å². The number of anilines is 1. The fourth-order valence-electron chi connectivity index (χ4n) is 1.58. The van der Waals surface area contributed by atoms with Gasteiger partial charge in [-0.3, -0.25) is 4.79 Å². The van der Waals surface area contributed by atoms with Crippen molar-refractivity contribution >= 4 is 11.6 Å². The molecule has 4 nitrogen and oxygen atoms in total. The molecule has 0 aliphatic heterocycles. The molecule has 1 aromatic rings. The van der Waals surface area contributed by atoms with Gasteiger partial charge in [0.15, 0.2) is 0 Å². The molecule has 0 unspecified atom stereocenters. The number of ether oxygens (including phenoxy) is 1. The molecule has 2 N–H and O–H groups in total. The van der Waals surface area contributed by atoms with Gasteiger partial charge in [0.1, 0.15) is 5.75 Å². The Labute approximate surface area is 115 Å². The summed E-state index contributed by atoms with van der Waals surface area (Å²) in [6, 6.07) is 7.60. The Morgan fingerprint density at radius 2 is 1.95 bits per heavy atom. The van der Waals surface area contributed by atoms with Crippen LogP contribution in [0.1, 0.15) is 27.2 Å². The van der Waals surface area contributed by atoms with E-state index in [2.05, 4.69) is 24.5 Å². The second-order valence-electron chi connectivity index (χ2n) is 4.84. The Hall–Kier alpha value is -1.71. The van der Waals surface area contributed by atoms with Gasteiger partial charge in [-0.15, -0.1) is 0 Å². The van der Waals surface area contributed by atoms with Crippen molar-refractivity contribution < 1.29 is 9.53 Å². The molecule has 0 fully saturated rings. The third-order valence-corrected chi connectivity index (χ3v) is 2.66. The molecule has 0 heterocycles. The molecular formula is C15H24N2O2. The molecular weight excluding hydrogens is 240 g/mol. The van der Waals surface area contributed by atoms with Gasteiger partial charge in [0.25, 0.3) is 0 Å². The van der Waals surface area contributed by atoms with Gasteiger partial charge in [-0.25, -0.2) is 0 Å². The quantitative estimate of drug-likeness (QED) is 0.759. The number of carbonyl (C=O) groups is 1. The molecule has 1 amide bonds. The zero-order chi connectivity index (χ0) is 14.1. The molecule has 106 valence electrons. The Bertz CT molecular complexity index is 374. The minimum absolute atomic E-state index is 0.0227. The molecule has 0 aliphatic rings. The summed E-state index contributed by atoms with van der Waals surface area (Å²) < 4.78 is 5.35. The highest BCUT2D eigenvalue weighted by Crippen LogP contribution is 2.15. The monoisotopic (exact) mass is 264 g/mol. The highest BCUT2D eigenvalue weighted by molar-refractivity contribution is 5.80. The number of hydrogen-bond acceptors (Lipinski definition) is 3. The molecule has 0 spiro atoms. The molecule has 0 bridgehead atoms. The van der Waals surface area contributed by atoms with Gasteiger partial charge in [0, 0.05) is 12.2 Å². The second-order valence-corrected chi connectivity index (χ2v) is 4.84. The normalized spacial score (nSPS) is 10.3. The lowest BCUT2D eigenvalue weighted by Crippen LogP contribution is -2.31. The van der Waals surface area contributed by atoms with Crippen LogP contribution in [-0.4, -0.2) is 25.6 Å². The van der Waals surface area contributed by atoms with Crippen LogP contribution in [-0.2, 0) is 4.79 Å². The minimum Gasteiger partial charge on any atom is -0.494 e. The van der Waals surface area contributed by atoms with Crippen LogP contribution in [0.3, 0.4) is 0 Å². The Morgan fingerprint density at radius 1 is 1.26 bits per heavy atom. The maximum Gasteiger partial charge on any atom is 0.239 e. The summed E-state index contributed by atoms with van der Waals surface area (Å²) in [6.45, 7) is 7.93. The molecule has 0 saturated heterocycles. The number of benzene rings is 1. The summed E-state index contributed by atoms with van der Waals surface area (Å²) in [5, 5.41) is 5.97. The number of carbonyl (C=O) groups excluding carboxylic acids is 1. The van der Waals surface area contributed by atoms with E-state index in [-0.39, 0.29) is 5.91 Å². The highest BCUT2D eigenvalue weighted by Gasteiger charge is 2.01. The van der Waals surface area contributed by atoms with Crippen molar-refractivity contribution in [2.24, 2.45) is 5.92 Å². The van der Waals surface area contributed by atoms with Crippen LogP contribution in [0.15, 0.2) is 24.3 Å². The molecule has 0 saturated carbocycles. The van der Waals surface area contributed by atoms with Gasteiger partial charge >= 0.3 is 0 Å². The molecule has 0 radical (unpaired) electrons. The standard InChI is InChI=1S/C15H24N2O2/c1-4-19-14-7-5-13(6-8-14)17-11-15(18)16-10-9-12(2)3/h5-8,12,17H,4,9-11H2,1-3H3,(H,16,18). The van der Waals surface area contributed by atoms with Crippen molar-refractivity contribution in [2.75, 3.05) is 25.0 Å². The predicted molar refractivity (Wildman–Crippen MR) is 78.6 cm³/mol. The number of nitrogens with one attached hydrogen (secondary N) is 2. The van der Waals surface area contributed by atoms with E-state index in [1.54, 1.807) is 0 Å². The average Bonchev–Trinajstić information content (AvgIpc) is 2.38. The van der Waals surface area contributed by atoms with E-state index >= 15 is 0 Å². The minimum atomic E-state index is 0.0227. The second kappa shape index (κ2) is 8.40. The van der Waals surface area contributed by atoms with E-state index in [1.807, 2.05) is 31.2 Å². The van der Waals surface area contributed by atoms with Crippen LogP contribution in [0.4, 0.5) is 5.69 Å². The van der Waals surface area contributed by atoms with Crippen molar-refractivity contribution in [1.82, 2.24) is 5.32 Å². The van der Waals surface area contributed by atoms with E-state index in [0.29, 0.717) is 19.1 Å². The number of amides is 1. The lowest BCUT2D eigenvalue weighted by atomic mass is 10.1. The molecule has 19 heavy (non-hydrogen) atoms. The van der Waals surface area contributed by atoms with Gasteiger partial charge < -0.3 is 15.4 Å². The largest absolute Gasteiger partial charge is 0.494 e. The molecule has 1 aromatic carbocycles. The number of rotatable bonds is 8. The van der Waals surface area contributed by atoms with Crippen LogP contribution in [0.2, 0.25) is 0 Å². The van der Waals surface area contributed by atoms with Crippen molar-refractivity contribution in [1.29, 1.82) is 0 Å². The van der Waals surface area contributed by atoms with Gasteiger partial charge in [-0.05, 0) is 43.5 Å². The van der Waals surface area contributed by atoms with E-state index < -0.39 is 0 Å². The fraction of sp³-hybridized carbons (Fsp3) is 0.533. The van der Waals surface area contributed by atoms with Crippen molar-refractivity contribution in [3.63, 3.8) is 0 Å². The third kappa shape index (κ3) is 6.70. The van der Waals surface area contributed by atoms with Crippen molar-refractivity contribution in [3.8, 4) is 5.75 Å². The first-order valence-electron chi connectivity index (χ1n) is 6.85. The predicted octanol–water partition coefficient (Wildman–Crippen LogP) is 2.66. The summed E-state index contributed by atoms with van der Waals surface area (Å²) >= 11 is 0. The first kappa shape index (κ1) is 15.3. The van der Waals surface area contributed by atoms with Crippen LogP contribution in [0, 0.1) is 5.92 Å². The van der Waals surface area contributed by atoms with Gasteiger partial charge in [0.05, 0.1) is 13.2 Å². The topological polar surface area (TPSA) is 50.4 Å². The van der Waals surface area contributed by atoms with E-state index in [9.17, 15) is 4.79 Å². The Balaban J connectivity index is 2.25. The summed E-state index contributed by atoms with van der Waals surface area (Å²) in [6.07, 6.45) is 1.01. The van der Waals surface area contributed by atoms with E-state index in [1.165, 1.54) is 0 Å². The lowest BCUT2D eigenvalue weighted by molar-refractivity contribution is -0.119. The van der Waals surface area contributed by atoms with Crippen molar-refractivity contribution in [2.45, 2.75) is 27.2 Å². The average molecular weight is 264 g/mol. The van der Waals surface area contributed by atoms with Gasteiger partial charge in [-0.2, -0.15) is 0 Å². The van der Waals surface area contributed by atoms with Crippen LogP contribution in [0.5, 0.6) is 5.75 Å². The van der Waals surface area contributed by atoms with Gasteiger partial charge in [-0.1, -0.05) is 13.8 Å². The molecule has 0 aliphatic carbocycles. The summed E-state index contributed by atoms with van der Waals surface area (Å²) in [4.78, 5) is 11.6. The molecule has 0 atom stereocenters. The summed E-state index contributed by atoms with van der Waals surface area (Å²) in [5.41, 5.74) is 0.919. The maximum atomic E-state index is 11.6.